The lowest BCUT2D eigenvalue weighted by Gasteiger charge is -2.39. The number of aromatic nitrogens is 1. The smallest absolute Gasteiger partial charge is 0.256 e. The number of amides is 1. The van der Waals surface area contributed by atoms with Gasteiger partial charge in [0.15, 0.2) is 11.5 Å². The van der Waals surface area contributed by atoms with Gasteiger partial charge in [0.05, 0.1) is 32.5 Å². The van der Waals surface area contributed by atoms with E-state index in [4.69, 9.17) is 14.2 Å². The van der Waals surface area contributed by atoms with Crippen LogP contribution < -0.4 is 14.2 Å². The molecule has 1 aromatic heterocycles. The standard InChI is InChI=1S/C31H34N2O6.C2H6/c1-6-9-21(7-2)31(36)12-14-33(15-13-31)30(35)25-19-32-28(29(34)20-10-8-11-22(16-20)37-3)24-18-27(39-5)26(38-4)17-23(24)25;1-2/h6-11,16-19,36H,12-15H2,1-5H3;1-2H3/b9-6-,21-7+;. The van der Waals surface area contributed by atoms with Gasteiger partial charge in [-0.2, -0.15) is 0 Å². The predicted octanol–water partition coefficient (Wildman–Crippen LogP) is 6.01. The van der Waals surface area contributed by atoms with Crippen LogP contribution in [0.2, 0.25) is 0 Å². The van der Waals surface area contributed by atoms with E-state index in [0.29, 0.717) is 65.1 Å². The zero-order valence-corrected chi connectivity index (χ0v) is 25.0. The normalized spacial score (nSPS) is 14.8. The molecule has 0 bridgehead atoms. The molecule has 8 heteroatoms. The summed E-state index contributed by atoms with van der Waals surface area (Å²) in [5.41, 5.74) is 0.808. The number of likely N-dealkylation sites (tertiary alicyclic amines) is 1. The third-order valence-electron chi connectivity index (χ3n) is 7.24. The largest absolute Gasteiger partial charge is 0.497 e. The van der Waals surface area contributed by atoms with Gasteiger partial charge in [-0.15, -0.1) is 0 Å². The molecule has 8 nitrogen and oxygen atoms in total. The van der Waals surface area contributed by atoms with Gasteiger partial charge in [-0.25, -0.2) is 0 Å². The Hall–Kier alpha value is -4.17. The second-order valence-corrected chi connectivity index (χ2v) is 9.40. The number of ether oxygens (including phenoxy) is 3. The fraction of sp³-hybridized carbons (Fsp3) is 0.364. The van der Waals surface area contributed by atoms with Gasteiger partial charge in [0, 0.05) is 35.6 Å². The average Bonchev–Trinajstić information content (AvgIpc) is 3.02. The maximum atomic E-state index is 13.8. The van der Waals surface area contributed by atoms with Gasteiger partial charge in [0.2, 0.25) is 5.78 Å². The van der Waals surface area contributed by atoms with Gasteiger partial charge in [-0.1, -0.05) is 44.2 Å². The third-order valence-corrected chi connectivity index (χ3v) is 7.24. The van der Waals surface area contributed by atoms with Crippen molar-refractivity contribution in [3.05, 3.63) is 83.2 Å². The Morgan fingerprint density at radius 3 is 2.15 bits per heavy atom. The van der Waals surface area contributed by atoms with Crippen molar-refractivity contribution >= 4 is 22.5 Å². The van der Waals surface area contributed by atoms with Crippen molar-refractivity contribution in [1.29, 1.82) is 0 Å². The molecule has 0 radical (unpaired) electrons. The van der Waals surface area contributed by atoms with Crippen LogP contribution in [-0.4, -0.2) is 66.7 Å². The van der Waals surface area contributed by atoms with Crippen LogP contribution in [-0.2, 0) is 0 Å². The molecular weight excluding hydrogens is 520 g/mol. The summed E-state index contributed by atoms with van der Waals surface area (Å²) in [4.78, 5) is 33.5. The molecule has 1 N–H and O–H groups in total. The van der Waals surface area contributed by atoms with Crippen LogP contribution in [0.15, 0.2) is 66.4 Å². The zero-order valence-electron chi connectivity index (χ0n) is 25.0. The van der Waals surface area contributed by atoms with Gasteiger partial charge in [-0.05, 0) is 56.5 Å². The molecule has 2 aromatic carbocycles. The molecule has 2 heterocycles. The number of hydrogen-bond donors (Lipinski definition) is 1. The van der Waals surface area contributed by atoms with Crippen molar-refractivity contribution in [2.45, 2.75) is 46.1 Å². The fourth-order valence-corrected chi connectivity index (χ4v) is 5.06. The zero-order chi connectivity index (χ0) is 30.2. The Balaban J connectivity index is 0.00000226. The highest BCUT2D eigenvalue weighted by molar-refractivity contribution is 6.18. The average molecular weight is 561 g/mol. The van der Waals surface area contributed by atoms with Crippen LogP contribution in [0.3, 0.4) is 0 Å². The Kier molecular flexibility index (Phi) is 10.7. The molecule has 1 aliphatic rings. The monoisotopic (exact) mass is 560 g/mol. The maximum absolute atomic E-state index is 13.8. The first-order valence-corrected chi connectivity index (χ1v) is 13.8. The van der Waals surface area contributed by atoms with E-state index >= 15 is 0 Å². The molecule has 1 fully saturated rings. The molecule has 4 rings (SSSR count). The Labute approximate surface area is 242 Å². The topological polar surface area (TPSA) is 98.2 Å². The summed E-state index contributed by atoms with van der Waals surface area (Å²) in [6, 6.07) is 10.2. The highest BCUT2D eigenvalue weighted by atomic mass is 16.5. The molecule has 0 atom stereocenters. The van der Waals surface area contributed by atoms with E-state index in [9.17, 15) is 14.7 Å². The third kappa shape index (κ3) is 6.43. The first-order chi connectivity index (χ1) is 19.8. The van der Waals surface area contributed by atoms with E-state index in [0.717, 1.165) is 5.57 Å². The summed E-state index contributed by atoms with van der Waals surface area (Å²) in [7, 11) is 4.57. The minimum Gasteiger partial charge on any atom is -0.497 e. The van der Waals surface area contributed by atoms with E-state index in [2.05, 4.69) is 4.98 Å². The Morgan fingerprint density at radius 2 is 1.59 bits per heavy atom. The number of aliphatic hydroxyl groups is 1. The highest BCUT2D eigenvalue weighted by Gasteiger charge is 2.36. The summed E-state index contributed by atoms with van der Waals surface area (Å²) < 4.78 is 16.3. The van der Waals surface area contributed by atoms with E-state index in [1.165, 1.54) is 27.5 Å². The maximum Gasteiger partial charge on any atom is 0.256 e. The van der Waals surface area contributed by atoms with E-state index in [1.54, 1.807) is 41.3 Å². The lowest BCUT2D eigenvalue weighted by molar-refractivity contribution is 0.0130. The molecule has 0 saturated carbocycles. The molecule has 0 spiro atoms. The molecule has 1 amide bonds. The van der Waals surface area contributed by atoms with Crippen molar-refractivity contribution in [1.82, 2.24) is 9.88 Å². The summed E-state index contributed by atoms with van der Waals surface area (Å²) >= 11 is 0. The van der Waals surface area contributed by atoms with E-state index < -0.39 is 5.60 Å². The second kappa shape index (κ2) is 13.9. The second-order valence-electron chi connectivity index (χ2n) is 9.40. The van der Waals surface area contributed by atoms with E-state index in [-0.39, 0.29) is 17.4 Å². The molecule has 218 valence electrons. The van der Waals surface area contributed by atoms with Crippen molar-refractivity contribution in [3.8, 4) is 17.2 Å². The van der Waals surface area contributed by atoms with Crippen molar-refractivity contribution in [2.75, 3.05) is 34.4 Å². The van der Waals surface area contributed by atoms with Crippen molar-refractivity contribution < 1.29 is 28.9 Å². The number of benzene rings is 2. The van der Waals surface area contributed by atoms with Crippen LogP contribution >= 0.6 is 0 Å². The molecule has 0 unspecified atom stereocenters. The highest BCUT2D eigenvalue weighted by Crippen LogP contribution is 2.37. The molecule has 1 aliphatic heterocycles. The fourth-order valence-electron chi connectivity index (χ4n) is 5.06. The number of rotatable bonds is 8. The lowest BCUT2D eigenvalue weighted by Crippen LogP contribution is -2.47. The van der Waals surface area contributed by atoms with Crippen molar-refractivity contribution in [2.24, 2.45) is 0 Å². The minimum atomic E-state index is -0.984. The Morgan fingerprint density at radius 1 is 0.951 bits per heavy atom. The van der Waals surface area contributed by atoms with E-state index in [1.807, 2.05) is 45.9 Å². The quantitative estimate of drug-likeness (QED) is 0.266. The molecule has 1 saturated heterocycles. The Bertz CT molecular complexity index is 1450. The molecule has 3 aromatic rings. The first kappa shape index (κ1) is 31.4. The van der Waals surface area contributed by atoms with Gasteiger partial charge >= 0.3 is 0 Å². The van der Waals surface area contributed by atoms with Gasteiger partial charge in [-0.3, -0.25) is 14.6 Å². The molecule has 41 heavy (non-hydrogen) atoms. The first-order valence-electron chi connectivity index (χ1n) is 13.8. The van der Waals surface area contributed by atoms with Gasteiger partial charge in [0.1, 0.15) is 11.4 Å². The molecular formula is C33H40N2O6. The number of piperidine rings is 1. The number of allylic oxidation sites excluding steroid dienone is 2. The van der Waals surface area contributed by atoms with Gasteiger partial charge in [0.25, 0.3) is 5.91 Å². The van der Waals surface area contributed by atoms with Crippen LogP contribution in [0.4, 0.5) is 0 Å². The number of hydrogen-bond acceptors (Lipinski definition) is 7. The van der Waals surface area contributed by atoms with Crippen LogP contribution in [0, 0.1) is 0 Å². The summed E-state index contributed by atoms with van der Waals surface area (Å²) in [6.07, 6.45) is 8.00. The van der Waals surface area contributed by atoms with Crippen LogP contribution in [0.25, 0.3) is 10.8 Å². The number of fused-ring (bicyclic) bond motifs is 1. The SMILES string of the molecule is C/C=C\C(=C/C)C1(O)CCN(C(=O)c2cnc(C(=O)c3cccc(OC)c3)c3cc(OC)c(OC)cc23)CC1.CC. The van der Waals surface area contributed by atoms with Crippen LogP contribution in [0.1, 0.15) is 66.9 Å². The van der Waals surface area contributed by atoms with Crippen LogP contribution in [0.5, 0.6) is 17.2 Å². The van der Waals surface area contributed by atoms with Crippen molar-refractivity contribution in [3.63, 3.8) is 0 Å². The summed E-state index contributed by atoms with van der Waals surface area (Å²) in [5.74, 6) is 0.868. The number of pyridine rings is 1. The number of nitrogens with zero attached hydrogens (tertiary/aromatic N) is 2. The van der Waals surface area contributed by atoms with Gasteiger partial charge < -0.3 is 24.2 Å². The number of carbonyl (C=O) groups is 2. The number of methoxy groups -OCH3 is 3. The predicted molar refractivity (Wildman–Crippen MR) is 161 cm³/mol. The summed E-state index contributed by atoms with van der Waals surface area (Å²) in [6.45, 7) is 8.57. The number of ketones is 1. The minimum absolute atomic E-state index is 0.188. The summed E-state index contributed by atoms with van der Waals surface area (Å²) in [5, 5.41) is 12.2. The molecule has 0 aliphatic carbocycles. The number of carbonyl (C=O) groups excluding carboxylic acids is 2. The lowest BCUT2D eigenvalue weighted by atomic mass is 9.83.